The molecule has 1 heterocycles. The molecular formula is C13H11ClN2O. The maximum atomic E-state index is 8.38. The van der Waals surface area contributed by atoms with Crippen molar-refractivity contribution >= 4 is 22.5 Å². The van der Waals surface area contributed by atoms with Gasteiger partial charge < -0.3 is 4.74 Å². The predicted octanol–water partition coefficient (Wildman–Crippen LogP) is 3.32. The molecule has 0 saturated heterocycles. The molecule has 0 fully saturated rings. The number of fused-ring (bicyclic) bond motifs is 1. The summed E-state index contributed by atoms with van der Waals surface area (Å²) in [5.74, 6) is 0. The molecular weight excluding hydrogens is 236 g/mol. The molecule has 0 N–H and O–H groups in total. The van der Waals surface area contributed by atoms with Crippen LogP contribution in [0.3, 0.4) is 0 Å². The summed E-state index contributed by atoms with van der Waals surface area (Å²) < 4.78 is 5.32. The Kier molecular flexibility index (Phi) is 3.92. The van der Waals surface area contributed by atoms with Crippen LogP contribution < -0.4 is 0 Å². The number of halogens is 1. The molecule has 0 spiro atoms. The summed E-state index contributed by atoms with van der Waals surface area (Å²) in [6.45, 7) is 0.800. The van der Waals surface area contributed by atoms with Crippen molar-refractivity contribution in [3.05, 3.63) is 41.0 Å². The van der Waals surface area contributed by atoms with Gasteiger partial charge in [0.1, 0.15) is 0 Å². The largest absolute Gasteiger partial charge is 0.374 e. The van der Waals surface area contributed by atoms with Crippen LogP contribution in [0.1, 0.15) is 12.1 Å². The Hall–Kier alpha value is -1.63. The Labute approximate surface area is 105 Å². The van der Waals surface area contributed by atoms with Crippen LogP contribution in [0.2, 0.25) is 5.02 Å². The lowest BCUT2D eigenvalue weighted by Gasteiger charge is -2.05. The van der Waals surface area contributed by atoms with Gasteiger partial charge in [-0.25, -0.2) is 0 Å². The van der Waals surface area contributed by atoms with Gasteiger partial charge in [-0.05, 0) is 12.1 Å². The Balaban J connectivity index is 2.16. The SMILES string of the molecule is N#CCCOCc1cc(Cl)c2ccccc2n1. The number of hydrogen-bond acceptors (Lipinski definition) is 3. The van der Waals surface area contributed by atoms with E-state index in [9.17, 15) is 0 Å². The molecule has 0 aliphatic heterocycles. The summed E-state index contributed by atoms with van der Waals surface area (Å²) in [7, 11) is 0. The van der Waals surface area contributed by atoms with Gasteiger partial charge in [0, 0.05) is 5.39 Å². The minimum atomic E-state index is 0.381. The zero-order valence-electron chi connectivity index (χ0n) is 9.19. The topological polar surface area (TPSA) is 45.9 Å². The molecule has 0 amide bonds. The van der Waals surface area contributed by atoms with Gasteiger partial charge in [-0.3, -0.25) is 4.98 Å². The normalized spacial score (nSPS) is 10.4. The zero-order valence-corrected chi connectivity index (χ0v) is 9.94. The number of nitriles is 1. The molecule has 86 valence electrons. The van der Waals surface area contributed by atoms with Crippen LogP contribution in [0.5, 0.6) is 0 Å². The highest BCUT2D eigenvalue weighted by Gasteiger charge is 2.03. The molecule has 0 bridgehead atoms. The number of nitrogens with zero attached hydrogens (tertiary/aromatic N) is 2. The minimum absolute atomic E-state index is 0.381. The van der Waals surface area contributed by atoms with Gasteiger partial charge in [-0.2, -0.15) is 5.26 Å². The molecule has 1 aromatic carbocycles. The second kappa shape index (κ2) is 5.62. The van der Waals surface area contributed by atoms with E-state index in [-0.39, 0.29) is 0 Å². The van der Waals surface area contributed by atoms with Crippen molar-refractivity contribution in [2.75, 3.05) is 6.61 Å². The molecule has 0 aliphatic rings. The molecule has 3 nitrogen and oxygen atoms in total. The first-order valence-corrected chi connectivity index (χ1v) is 5.68. The lowest BCUT2D eigenvalue weighted by atomic mass is 10.2. The van der Waals surface area contributed by atoms with Crippen molar-refractivity contribution in [1.82, 2.24) is 4.98 Å². The number of rotatable bonds is 4. The summed E-state index contributed by atoms with van der Waals surface area (Å²) in [6.07, 6.45) is 0.390. The number of para-hydroxylation sites is 1. The maximum absolute atomic E-state index is 8.38. The van der Waals surface area contributed by atoms with Crippen molar-refractivity contribution < 1.29 is 4.74 Å². The lowest BCUT2D eigenvalue weighted by molar-refractivity contribution is 0.124. The molecule has 4 heteroatoms. The Morgan fingerprint density at radius 3 is 3.00 bits per heavy atom. The highest BCUT2D eigenvalue weighted by atomic mass is 35.5. The number of pyridine rings is 1. The molecule has 0 unspecified atom stereocenters. The summed E-state index contributed by atoms with van der Waals surface area (Å²) >= 11 is 6.15. The lowest BCUT2D eigenvalue weighted by Crippen LogP contribution is -1.97. The monoisotopic (exact) mass is 246 g/mol. The fourth-order valence-corrected chi connectivity index (χ4v) is 1.84. The zero-order chi connectivity index (χ0) is 12.1. The quantitative estimate of drug-likeness (QED) is 0.778. The minimum Gasteiger partial charge on any atom is -0.374 e. The highest BCUT2D eigenvalue weighted by Crippen LogP contribution is 2.22. The average molecular weight is 247 g/mol. The van der Waals surface area contributed by atoms with Crippen molar-refractivity contribution in [3.63, 3.8) is 0 Å². The van der Waals surface area contributed by atoms with Crippen LogP contribution in [-0.2, 0) is 11.3 Å². The average Bonchev–Trinajstić information content (AvgIpc) is 2.35. The summed E-state index contributed by atoms with van der Waals surface area (Å²) in [5, 5.41) is 10.00. The van der Waals surface area contributed by atoms with Crippen LogP contribution in [0.25, 0.3) is 10.9 Å². The number of hydrogen-bond donors (Lipinski definition) is 0. The molecule has 2 aromatic rings. The highest BCUT2D eigenvalue weighted by molar-refractivity contribution is 6.35. The van der Waals surface area contributed by atoms with Gasteiger partial charge >= 0.3 is 0 Å². The third kappa shape index (κ3) is 2.94. The summed E-state index contributed by atoms with van der Waals surface area (Å²) in [6, 6.07) is 11.5. The number of aromatic nitrogens is 1. The van der Waals surface area contributed by atoms with Gasteiger partial charge in [-0.1, -0.05) is 29.8 Å². The predicted molar refractivity (Wildman–Crippen MR) is 66.6 cm³/mol. The van der Waals surface area contributed by atoms with E-state index in [0.717, 1.165) is 16.6 Å². The van der Waals surface area contributed by atoms with Crippen molar-refractivity contribution in [1.29, 1.82) is 5.26 Å². The van der Waals surface area contributed by atoms with E-state index in [0.29, 0.717) is 24.7 Å². The van der Waals surface area contributed by atoms with Gasteiger partial charge in [0.05, 0.1) is 41.9 Å². The molecule has 0 saturated carbocycles. The van der Waals surface area contributed by atoms with Crippen LogP contribution in [0.4, 0.5) is 0 Å². The molecule has 2 rings (SSSR count). The third-order valence-electron chi connectivity index (χ3n) is 2.33. The van der Waals surface area contributed by atoms with Gasteiger partial charge in [0.15, 0.2) is 0 Å². The van der Waals surface area contributed by atoms with Crippen molar-refractivity contribution in [2.24, 2.45) is 0 Å². The van der Waals surface area contributed by atoms with Gasteiger partial charge in [0.2, 0.25) is 0 Å². The Morgan fingerprint density at radius 1 is 1.35 bits per heavy atom. The second-order valence-corrected chi connectivity index (χ2v) is 3.98. The Morgan fingerprint density at radius 2 is 2.18 bits per heavy atom. The third-order valence-corrected chi connectivity index (χ3v) is 2.64. The fourth-order valence-electron chi connectivity index (χ4n) is 1.55. The van der Waals surface area contributed by atoms with E-state index in [1.807, 2.05) is 30.3 Å². The number of benzene rings is 1. The van der Waals surface area contributed by atoms with E-state index in [1.54, 1.807) is 6.07 Å². The smallest absolute Gasteiger partial charge is 0.0889 e. The van der Waals surface area contributed by atoms with E-state index < -0.39 is 0 Å². The van der Waals surface area contributed by atoms with Crippen LogP contribution in [0, 0.1) is 11.3 Å². The van der Waals surface area contributed by atoms with Gasteiger partial charge in [0.25, 0.3) is 0 Å². The van der Waals surface area contributed by atoms with E-state index in [2.05, 4.69) is 4.98 Å². The van der Waals surface area contributed by atoms with Crippen LogP contribution in [0.15, 0.2) is 30.3 Å². The molecule has 0 aliphatic carbocycles. The molecule has 17 heavy (non-hydrogen) atoms. The van der Waals surface area contributed by atoms with Crippen molar-refractivity contribution in [3.8, 4) is 6.07 Å². The van der Waals surface area contributed by atoms with Gasteiger partial charge in [-0.15, -0.1) is 0 Å². The second-order valence-electron chi connectivity index (χ2n) is 3.57. The first kappa shape index (κ1) is 11.8. The first-order chi connectivity index (χ1) is 8.31. The molecule has 0 atom stereocenters. The van der Waals surface area contributed by atoms with Crippen molar-refractivity contribution in [2.45, 2.75) is 13.0 Å². The van der Waals surface area contributed by atoms with E-state index >= 15 is 0 Å². The number of ether oxygens (including phenoxy) is 1. The summed E-state index contributed by atoms with van der Waals surface area (Å²) in [5.41, 5.74) is 1.64. The van der Waals surface area contributed by atoms with Crippen LogP contribution in [-0.4, -0.2) is 11.6 Å². The van der Waals surface area contributed by atoms with E-state index in [4.69, 9.17) is 21.6 Å². The Bertz CT molecular complexity index is 563. The molecule has 0 radical (unpaired) electrons. The summed E-state index contributed by atoms with van der Waals surface area (Å²) in [4.78, 5) is 4.44. The first-order valence-electron chi connectivity index (χ1n) is 5.30. The van der Waals surface area contributed by atoms with Crippen LogP contribution >= 0.6 is 11.6 Å². The molecule has 1 aromatic heterocycles. The standard InChI is InChI=1S/C13H11ClN2O/c14-12-8-10(9-17-7-3-6-15)16-13-5-2-1-4-11(12)13/h1-2,4-5,8H,3,7,9H2. The maximum Gasteiger partial charge on any atom is 0.0889 e. The van der Waals surface area contributed by atoms with E-state index in [1.165, 1.54) is 0 Å². The fraction of sp³-hybridized carbons (Fsp3) is 0.231.